The van der Waals surface area contributed by atoms with Gasteiger partial charge < -0.3 is 20.3 Å². The van der Waals surface area contributed by atoms with E-state index in [-0.39, 0.29) is 24.4 Å². The highest BCUT2D eigenvalue weighted by Gasteiger charge is 2.39. The van der Waals surface area contributed by atoms with Crippen molar-refractivity contribution in [1.82, 2.24) is 15.5 Å². The van der Waals surface area contributed by atoms with Crippen LogP contribution in [0.1, 0.15) is 31.6 Å². The van der Waals surface area contributed by atoms with Gasteiger partial charge in [0.15, 0.2) is 5.82 Å². The van der Waals surface area contributed by atoms with E-state index in [1.165, 1.54) is 0 Å². The predicted octanol–water partition coefficient (Wildman–Crippen LogP) is 2.09. The van der Waals surface area contributed by atoms with E-state index in [1.54, 1.807) is 0 Å². The van der Waals surface area contributed by atoms with Crippen LogP contribution in [0.2, 0.25) is 0 Å². The summed E-state index contributed by atoms with van der Waals surface area (Å²) in [5.41, 5.74) is 6.14. The lowest BCUT2D eigenvalue weighted by Crippen LogP contribution is -2.49. The quantitative estimate of drug-likeness (QED) is 0.839. The third-order valence-corrected chi connectivity index (χ3v) is 4.52. The lowest BCUT2D eigenvalue weighted by Gasteiger charge is -2.35. The van der Waals surface area contributed by atoms with E-state index in [2.05, 4.69) is 15.5 Å². The Morgan fingerprint density at radius 2 is 2.00 bits per heavy atom. The van der Waals surface area contributed by atoms with Crippen molar-refractivity contribution in [2.75, 3.05) is 19.8 Å². The second-order valence-electron chi connectivity index (χ2n) is 6.12. The fourth-order valence-corrected chi connectivity index (χ4v) is 2.81. The minimum atomic E-state index is -0.571. The first-order chi connectivity index (χ1) is 11.6. The second kappa shape index (κ2) is 8.42. The first-order valence-electron chi connectivity index (χ1n) is 8.12. The number of amides is 1. The van der Waals surface area contributed by atoms with Crippen molar-refractivity contribution in [3.05, 3.63) is 36.2 Å². The van der Waals surface area contributed by atoms with Crippen LogP contribution >= 0.6 is 12.4 Å². The summed E-state index contributed by atoms with van der Waals surface area (Å²) in [6, 6.07) is 9.16. The molecule has 3 rings (SSSR count). The minimum Gasteiger partial charge on any atom is -0.381 e. The molecule has 136 valence electrons. The lowest BCUT2D eigenvalue weighted by molar-refractivity contribution is -0.136. The molecule has 0 saturated carbocycles. The summed E-state index contributed by atoms with van der Waals surface area (Å²) < 4.78 is 10.6. The maximum Gasteiger partial charge on any atom is 0.257 e. The van der Waals surface area contributed by atoms with Crippen molar-refractivity contribution in [2.24, 2.45) is 11.1 Å². The third kappa shape index (κ3) is 4.18. The zero-order chi connectivity index (χ0) is 17.0. The Morgan fingerprint density at radius 1 is 1.32 bits per heavy atom. The van der Waals surface area contributed by atoms with Gasteiger partial charge >= 0.3 is 0 Å². The Labute approximate surface area is 152 Å². The fraction of sp³-hybridized carbons (Fsp3) is 0.471. The van der Waals surface area contributed by atoms with Crippen molar-refractivity contribution < 1.29 is 14.1 Å². The van der Waals surface area contributed by atoms with Crippen LogP contribution < -0.4 is 11.1 Å². The number of ether oxygens (including phenoxy) is 1. The fourth-order valence-electron chi connectivity index (χ4n) is 2.81. The van der Waals surface area contributed by atoms with Gasteiger partial charge in [-0.25, -0.2) is 0 Å². The van der Waals surface area contributed by atoms with Gasteiger partial charge in [0.05, 0.1) is 11.5 Å². The van der Waals surface area contributed by atoms with Crippen LogP contribution in [0.25, 0.3) is 11.5 Å². The molecule has 2 heterocycles. The zero-order valence-corrected chi connectivity index (χ0v) is 14.9. The first-order valence-corrected chi connectivity index (χ1v) is 8.12. The Bertz CT molecular complexity index is 686. The average molecular weight is 367 g/mol. The largest absolute Gasteiger partial charge is 0.381 e. The Morgan fingerprint density at radius 3 is 2.64 bits per heavy atom. The highest BCUT2D eigenvalue weighted by molar-refractivity contribution is 5.85. The van der Waals surface area contributed by atoms with Crippen LogP contribution in [-0.4, -0.2) is 35.8 Å². The van der Waals surface area contributed by atoms with Gasteiger partial charge in [-0.15, -0.1) is 12.4 Å². The van der Waals surface area contributed by atoms with Gasteiger partial charge in [-0.3, -0.25) is 4.79 Å². The van der Waals surface area contributed by atoms with Crippen molar-refractivity contribution in [1.29, 1.82) is 0 Å². The van der Waals surface area contributed by atoms with Crippen LogP contribution in [0, 0.1) is 5.41 Å². The van der Waals surface area contributed by atoms with E-state index in [0.717, 1.165) is 5.56 Å². The summed E-state index contributed by atoms with van der Waals surface area (Å²) in [6.45, 7) is 3.25. The molecule has 1 aromatic carbocycles. The number of halogens is 1. The van der Waals surface area contributed by atoms with Crippen molar-refractivity contribution in [3.8, 4) is 11.5 Å². The van der Waals surface area contributed by atoms with Gasteiger partial charge in [0.2, 0.25) is 5.91 Å². The maximum absolute atomic E-state index is 12.7. The number of nitrogens with two attached hydrogens (primary N) is 1. The van der Waals surface area contributed by atoms with Crippen molar-refractivity contribution in [3.63, 3.8) is 0 Å². The van der Waals surface area contributed by atoms with Crippen LogP contribution in [-0.2, 0) is 9.53 Å². The number of rotatable bonds is 5. The maximum atomic E-state index is 12.7. The smallest absolute Gasteiger partial charge is 0.257 e. The van der Waals surface area contributed by atoms with Crippen LogP contribution in [0.15, 0.2) is 34.9 Å². The van der Waals surface area contributed by atoms with Crippen molar-refractivity contribution in [2.45, 2.75) is 25.8 Å². The molecule has 1 amide bonds. The second-order valence-corrected chi connectivity index (χ2v) is 6.12. The SMILES string of the molecule is CC(NC(=O)C1(CN)CCOCC1)c1noc(-c2ccccc2)n1.Cl. The topological polar surface area (TPSA) is 103 Å². The molecule has 8 heteroatoms. The summed E-state index contributed by atoms with van der Waals surface area (Å²) in [6.07, 6.45) is 1.26. The molecule has 1 aliphatic heterocycles. The molecular weight excluding hydrogens is 344 g/mol. The lowest BCUT2D eigenvalue weighted by atomic mass is 9.79. The number of carbonyl (C=O) groups is 1. The summed E-state index contributed by atoms with van der Waals surface area (Å²) in [5, 5.41) is 6.95. The number of hydrogen-bond donors (Lipinski definition) is 2. The minimum absolute atomic E-state index is 0. The molecule has 0 radical (unpaired) electrons. The van der Waals surface area contributed by atoms with Crippen LogP contribution in [0.4, 0.5) is 0 Å². The molecule has 1 aliphatic rings. The monoisotopic (exact) mass is 366 g/mol. The predicted molar refractivity (Wildman–Crippen MR) is 95.1 cm³/mol. The Kier molecular flexibility index (Phi) is 6.52. The normalized spacial score (nSPS) is 17.4. The number of hydrogen-bond acceptors (Lipinski definition) is 6. The van der Waals surface area contributed by atoms with E-state index >= 15 is 0 Å². The third-order valence-electron chi connectivity index (χ3n) is 4.52. The number of carbonyl (C=O) groups excluding carboxylic acids is 1. The van der Waals surface area contributed by atoms with E-state index in [4.69, 9.17) is 15.0 Å². The van der Waals surface area contributed by atoms with E-state index in [1.807, 2.05) is 37.3 Å². The molecule has 1 fully saturated rings. The molecule has 3 N–H and O–H groups in total. The standard InChI is InChI=1S/C17H22N4O3.ClH/c1-12(19-16(22)17(11-18)7-9-23-10-8-17)14-20-15(24-21-14)13-5-3-2-4-6-13;/h2-6,12H,7-11,18H2,1H3,(H,19,22);1H. The first kappa shape index (κ1) is 19.4. The Hall–Kier alpha value is -1.96. The van der Waals surface area contributed by atoms with Crippen LogP contribution in [0.5, 0.6) is 0 Å². The Balaban J connectivity index is 0.00000225. The summed E-state index contributed by atoms with van der Waals surface area (Å²) in [4.78, 5) is 17.1. The van der Waals surface area contributed by atoms with Gasteiger partial charge in [0.25, 0.3) is 5.89 Å². The molecule has 2 aromatic rings. The molecule has 1 saturated heterocycles. The zero-order valence-electron chi connectivity index (χ0n) is 14.1. The molecule has 1 atom stereocenters. The number of nitrogens with one attached hydrogen (secondary N) is 1. The van der Waals surface area contributed by atoms with Gasteiger partial charge in [0.1, 0.15) is 0 Å². The van der Waals surface area contributed by atoms with E-state index in [0.29, 0.717) is 44.3 Å². The summed E-state index contributed by atoms with van der Waals surface area (Å²) in [5.74, 6) is 0.805. The number of nitrogens with zero attached hydrogens (tertiary/aromatic N) is 2. The molecule has 0 bridgehead atoms. The van der Waals surface area contributed by atoms with Crippen molar-refractivity contribution >= 4 is 18.3 Å². The van der Waals surface area contributed by atoms with E-state index < -0.39 is 5.41 Å². The van der Waals surface area contributed by atoms with Gasteiger partial charge in [-0.1, -0.05) is 23.4 Å². The van der Waals surface area contributed by atoms with Gasteiger partial charge in [-0.05, 0) is 31.9 Å². The molecule has 1 unspecified atom stereocenters. The van der Waals surface area contributed by atoms with Crippen LogP contribution in [0.3, 0.4) is 0 Å². The highest BCUT2D eigenvalue weighted by atomic mass is 35.5. The number of aromatic nitrogens is 2. The summed E-state index contributed by atoms with van der Waals surface area (Å²) in [7, 11) is 0. The van der Waals surface area contributed by atoms with E-state index in [9.17, 15) is 4.79 Å². The molecule has 25 heavy (non-hydrogen) atoms. The molecule has 7 nitrogen and oxygen atoms in total. The summed E-state index contributed by atoms with van der Waals surface area (Å²) >= 11 is 0. The van der Waals surface area contributed by atoms with Gasteiger partial charge in [-0.2, -0.15) is 4.98 Å². The van der Waals surface area contributed by atoms with Gasteiger partial charge in [0, 0.05) is 25.3 Å². The molecule has 0 spiro atoms. The number of benzene rings is 1. The molecule has 0 aliphatic carbocycles. The average Bonchev–Trinajstić information content (AvgIpc) is 3.13. The highest BCUT2D eigenvalue weighted by Crippen LogP contribution is 2.30. The molecular formula is C17H23ClN4O3. The molecule has 1 aromatic heterocycles.